The molecule has 0 atom stereocenters. The average Bonchev–Trinajstić information content (AvgIpc) is 3.15. The summed E-state index contributed by atoms with van der Waals surface area (Å²) in [5.74, 6) is 1.06. The third kappa shape index (κ3) is 3.02. The van der Waals surface area contributed by atoms with E-state index in [1.165, 1.54) is 0 Å². The fourth-order valence-electron chi connectivity index (χ4n) is 2.74. The highest BCUT2D eigenvalue weighted by Crippen LogP contribution is 2.27. The van der Waals surface area contributed by atoms with Crippen molar-refractivity contribution in [3.05, 3.63) is 78.4 Å². The highest BCUT2D eigenvalue weighted by Gasteiger charge is 2.12. The predicted molar refractivity (Wildman–Crippen MR) is 99.8 cm³/mol. The van der Waals surface area contributed by atoms with E-state index < -0.39 is 0 Å². The minimum atomic E-state index is 0.502. The molecule has 122 valence electrons. The number of nitrogens with zero attached hydrogens (tertiary/aromatic N) is 2. The van der Waals surface area contributed by atoms with Gasteiger partial charge in [0.1, 0.15) is 0 Å². The lowest BCUT2D eigenvalue weighted by Gasteiger charge is -2.02. The van der Waals surface area contributed by atoms with Crippen LogP contribution in [0.1, 0.15) is 5.56 Å². The molecule has 1 aromatic heterocycles. The van der Waals surface area contributed by atoms with Crippen LogP contribution in [0.25, 0.3) is 34.0 Å². The van der Waals surface area contributed by atoms with E-state index in [2.05, 4.69) is 34.4 Å². The largest absolute Gasteiger partial charge is 0.399 e. The highest BCUT2D eigenvalue weighted by atomic mass is 16.5. The van der Waals surface area contributed by atoms with Crippen LogP contribution in [-0.2, 0) is 0 Å². The molecule has 0 bridgehead atoms. The number of hydrogen-bond acceptors (Lipinski definition) is 4. The Morgan fingerprint density at radius 1 is 0.760 bits per heavy atom. The normalized spacial score (nSPS) is 10.8. The van der Waals surface area contributed by atoms with E-state index >= 15 is 0 Å². The molecular formula is C21H17N3O. The first kappa shape index (κ1) is 15.1. The molecule has 0 amide bonds. The molecular weight excluding hydrogens is 310 g/mol. The van der Waals surface area contributed by atoms with Gasteiger partial charge in [-0.25, -0.2) is 0 Å². The number of hydrogen-bond donors (Lipinski definition) is 1. The van der Waals surface area contributed by atoms with Crippen LogP contribution in [0.3, 0.4) is 0 Å². The lowest BCUT2D eigenvalue weighted by atomic mass is 10.0. The van der Waals surface area contributed by atoms with Crippen molar-refractivity contribution in [2.24, 2.45) is 0 Å². The van der Waals surface area contributed by atoms with Crippen molar-refractivity contribution >= 4 is 5.69 Å². The molecule has 4 aromatic rings. The van der Waals surface area contributed by atoms with Gasteiger partial charge in [0, 0.05) is 16.8 Å². The minimum absolute atomic E-state index is 0.502. The van der Waals surface area contributed by atoms with Crippen LogP contribution >= 0.6 is 0 Å². The standard InChI is InChI=1S/C21H17N3O/c1-14-12-17(10-11-19(14)22)20-23-21(25-24-20)18-9-5-8-16(13-18)15-6-3-2-4-7-15/h2-13H,22H2,1H3. The summed E-state index contributed by atoms with van der Waals surface area (Å²) in [6.07, 6.45) is 0. The van der Waals surface area contributed by atoms with E-state index in [1.54, 1.807) is 0 Å². The molecule has 4 heteroatoms. The maximum atomic E-state index is 5.87. The summed E-state index contributed by atoms with van der Waals surface area (Å²) in [5.41, 5.74) is 11.7. The predicted octanol–water partition coefficient (Wildman–Crippen LogP) is 4.96. The maximum Gasteiger partial charge on any atom is 0.258 e. The molecule has 2 N–H and O–H groups in total. The van der Waals surface area contributed by atoms with Gasteiger partial charge in [-0.05, 0) is 53.9 Å². The van der Waals surface area contributed by atoms with Gasteiger partial charge >= 0.3 is 0 Å². The number of aryl methyl sites for hydroxylation is 1. The van der Waals surface area contributed by atoms with Crippen molar-refractivity contribution in [2.75, 3.05) is 5.73 Å². The molecule has 4 nitrogen and oxygen atoms in total. The number of benzene rings is 3. The topological polar surface area (TPSA) is 64.9 Å². The lowest BCUT2D eigenvalue weighted by Crippen LogP contribution is -1.90. The Labute approximate surface area is 145 Å². The summed E-state index contributed by atoms with van der Waals surface area (Å²) in [7, 11) is 0. The fourth-order valence-corrected chi connectivity index (χ4v) is 2.74. The summed E-state index contributed by atoms with van der Waals surface area (Å²) < 4.78 is 5.47. The molecule has 0 fully saturated rings. The number of nitrogens with two attached hydrogens (primary N) is 1. The zero-order chi connectivity index (χ0) is 17.2. The molecule has 0 saturated heterocycles. The first-order valence-electron chi connectivity index (χ1n) is 8.07. The third-order valence-electron chi connectivity index (χ3n) is 4.17. The molecule has 0 saturated carbocycles. The van der Waals surface area contributed by atoms with Crippen molar-refractivity contribution in [1.29, 1.82) is 0 Å². The Hall–Kier alpha value is -3.40. The van der Waals surface area contributed by atoms with Crippen molar-refractivity contribution in [1.82, 2.24) is 10.1 Å². The summed E-state index contributed by atoms with van der Waals surface area (Å²) in [5, 5.41) is 4.11. The lowest BCUT2D eigenvalue weighted by molar-refractivity contribution is 0.432. The summed E-state index contributed by atoms with van der Waals surface area (Å²) in [6.45, 7) is 1.96. The van der Waals surface area contributed by atoms with Crippen molar-refractivity contribution in [3.8, 4) is 34.0 Å². The Bertz CT molecular complexity index is 1020. The van der Waals surface area contributed by atoms with Gasteiger partial charge in [0.2, 0.25) is 5.82 Å². The number of nitrogen functional groups attached to an aromatic ring is 1. The van der Waals surface area contributed by atoms with E-state index in [9.17, 15) is 0 Å². The Kier molecular flexibility index (Phi) is 3.78. The molecule has 4 rings (SSSR count). The van der Waals surface area contributed by atoms with E-state index in [1.807, 2.05) is 55.5 Å². The Morgan fingerprint density at radius 3 is 2.32 bits per heavy atom. The maximum absolute atomic E-state index is 5.87. The summed E-state index contributed by atoms with van der Waals surface area (Å²) in [4.78, 5) is 4.54. The smallest absolute Gasteiger partial charge is 0.258 e. The zero-order valence-electron chi connectivity index (χ0n) is 13.8. The zero-order valence-corrected chi connectivity index (χ0v) is 13.8. The van der Waals surface area contributed by atoms with Crippen molar-refractivity contribution < 1.29 is 4.52 Å². The van der Waals surface area contributed by atoms with Gasteiger partial charge in [0.15, 0.2) is 0 Å². The SMILES string of the molecule is Cc1cc(-c2noc(-c3cccc(-c4ccccc4)c3)n2)ccc1N. The fraction of sp³-hybridized carbons (Fsp3) is 0.0476. The van der Waals surface area contributed by atoms with E-state index in [-0.39, 0.29) is 0 Å². The highest BCUT2D eigenvalue weighted by molar-refractivity contribution is 5.70. The summed E-state index contributed by atoms with van der Waals surface area (Å²) >= 11 is 0. The molecule has 25 heavy (non-hydrogen) atoms. The van der Waals surface area contributed by atoms with Gasteiger partial charge < -0.3 is 10.3 Å². The van der Waals surface area contributed by atoms with Crippen LogP contribution in [-0.4, -0.2) is 10.1 Å². The molecule has 0 aliphatic heterocycles. The second-order valence-corrected chi connectivity index (χ2v) is 5.94. The number of anilines is 1. The molecule has 0 spiro atoms. The monoisotopic (exact) mass is 327 g/mol. The third-order valence-corrected chi connectivity index (χ3v) is 4.17. The Morgan fingerprint density at radius 2 is 1.52 bits per heavy atom. The van der Waals surface area contributed by atoms with Crippen molar-refractivity contribution in [3.63, 3.8) is 0 Å². The average molecular weight is 327 g/mol. The molecule has 0 radical (unpaired) electrons. The molecule has 3 aromatic carbocycles. The van der Waals surface area contributed by atoms with Gasteiger partial charge in [0.25, 0.3) is 5.89 Å². The van der Waals surface area contributed by atoms with Gasteiger partial charge in [-0.3, -0.25) is 0 Å². The van der Waals surface area contributed by atoms with Crippen LogP contribution in [0.2, 0.25) is 0 Å². The molecule has 1 heterocycles. The molecule has 0 aliphatic rings. The van der Waals surface area contributed by atoms with Gasteiger partial charge in [-0.2, -0.15) is 4.98 Å². The molecule has 0 aliphatic carbocycles. The van der Waals surface area contributed by atoms with Crippen LogP contribution in [0.4, 0.5) is 5.69 Å². The van der Waals surface area contributed by atoms with Gasteiger partial charge in [-0.15, -0.1) is 0 Å². The first-order chi connectivity index (χ1) is 12.2. The minimum Gasteiger partial charge on any atom is -0.399 e. The van der Waals surface area contributed by atoms with Crippen molar-refractivity contribution in [2.45, 2.75) is 6.92 Å². The number of aromatic nitrogens is 2. The first-order valence-corrected chi connectivity index (χ1v) is 8.07. The summed E-state index contributed by atoms with van der Waals surface area (Å²) in [6, 6.07) is 24.0. The van der Waals surface area contributed by atoms with Crippen LogP contribution in [0, 0.1) is 6.92 Å². The van der Waals surface area contributed by atoms with E-state index in [4.69, 9.17) is 10.3 Å². The second kappa shape index (κ2) is 6.24. The van der Waals surface area contributed by atoms with Crippen LogP contribution in [0.5, 0.6) is 0 Å². The van der Waals surface area contributed by atoms with Gasteiger partial charge in [0.05, 0.1) is 0 Å². The van der Waals surface area contributed by atoms with E-state index in [0.717, 1.165) is 33.5 Å². The van der Waals surface area contributed by atoms with Crippen LogP contribution in [0.15, 0.2) is 77.3 Å². The quantitative estimate of drug-likeness (QED) is 0.540. The van der Waals surface area contributed by atoms with E-state index in [0.29, 0.717) is 11.7 Å². The second-order valence-electron chi connectivity index (χ2n) is 5.94. The van der Waals surface area contributed by atoms with Gasteiger partial charge in [-0.1, -0.05) is 47.6 Å². The number of rotatable bonds is 3. The Balaban J connectivity index is 1.69. The van der Waals surface area contributed by atoms with Crippen LogP contribution < -0.4 is 5.73 Å². The molecule has 0 unspecified atom stereocenters.